The summed E-state index contributed by atoms with van der Waals surface area (Å²) in [5.74, 6) is 1.48. The molecule has 0 radical (unpaired) electrons. The Balaban J connectivity index is 0.00000529. The molecular weight excluding hydrogens is 419 g/mol. The number of ether oxygens (including phenoxy) is 2. The van der Waals surface area contributed by atoms with E-state index < -0.39 is 0 Å². The van der Waals surface area contributed by atoms with Gasteiger partial charge in [0.25, 0.3) is 0 Å². The number of pyridine rings is 1. The van der Waals surface area contributed by atoms with Crippen LogP contribution in [-0.2, 0) is 11.3 Å². The van der Waals surface area contributed by atoms with E-state index in [4.69, 9.17) is 9.47 Å². The molecule has 1 rings (SSSR count). The number of halogens is 1. The molecule has 0 fully saturated rings. The number of nitrogens with zero attached hydrogens (tertiary/aromatic N) is 2. The minimum Gasteiger partial charge on any atom is -0.477 e. The SMILES string of the molecule is CCCCOc1ncccc1CN=C(NCC)NCCCOC.I. The van der Waals surface area contributed by atoms with Crippen molar-refractivity contribution in [1.82, 2.24) is 15.6 Å². The summed E-state index contributed by atoms with van der Waals surface area (Å²) in [6.07, 6.45) is 4.83. The van der Waals surface area contributed by atoms with Gasteiger partial charge in [-0.3, -0.25) is 0 Å². The normalized spacial score (nSPS) is 10.9. The average Bonchev–Trinajstić information content (AvgIpc) is 2.57. The lowest BCUT2D eigenvalue weighted by atomic mass is 10.2. The highest BCUT2D eigenvalue weighted by atomic mass is 127. The smallest absolute Gasteiger partial charge is 0.218 e. The van der Waals surface area contributed by atoms with Gasteiger partial charge in [-0.15, -0.1) is 24.0 Å². The molecule has 24 heavy (non-hydrogen) atoms. The van der Waals surface area contributed by atoms with Crippen molar-refractivity contribution >= 4 is 29.9 Å². The monoisotopic (exact) mass is 450 g/mol. The first-order valence-electron chi connectivity index (χ1n) is 8.39. The van der Waals surface area contributed by atoms with Gasteiger partial charge in [-0.1, -0.05) is 19.4 Å². The van der Waals surface area contributed by atoms with Gasteiger partial charge in [0.2, 0.25) is 5.88 Å². The van der Waals surface area contributed by atoms with Crippen LogP contribution in [0.15, 0.2) is 23.3 Å². The molecule has 1 heterocycles. The van der Waals surface area contributed by atoms with Crippen LogP contribution in [0.25, 0.3) is 0 Å². The van der Waals surface area contributed by atoms with Gasteiger partial charge in [-0.25, -0.2) is 9.98 Å². The molecule has 1 aromatic heterocycles. The van der Waals surface area contributed by atoms with E-state index >= 15 is 0 Å². The molecule has 6 nitrogen and oxygen atoms in total. The molecule has 0 saturated heterocycles. The molecule has 0 saturated carbocycles. The van der Waals surface area contributed by atoms with Gasteiger partial charge in [0.15, 0.2) is 5.96 Å². The van der Waals surface area contributed by atoms with Gasteiger partial charge in [0.05, 0.1) is 13.2 Å². The number of unbranched alkanes of at least 4 members (excludes halogenated alkanes) is 1. The molecule has 0 aliphatic rings. The summed E-state index contributed by atoms with van der Waals surface area (Å²) in [4.78, 5) is 8.92. The molecule has 0 amide bonds. The third kappa shape index (κ3) is 9.92. The second-order valence-electron chi connectivity index (χ2n) is 5.14. The highest BCUT2D eigenvalue weighted by Crippen LogP contribution is 2.15. The minimum absolute atomic E-state index is 0. The third-order valence-corrected chi connectivity index (χ3v) is 3.16. The average molecular weight is 450 g/mol. The van der Waals surface area contributed by atoms with Crippen LogP contribution in [0.4, 0.5) is 0 Å². The van der Waals surface area contributed by atoms with E-state index in [1.165, 1.54) is 0 Å². The standard InChI is InChI=1S/C17H30N4O2.HI/c1-4-6-13-23-16-15(9-7-10-19-16)14-21-17(18-5-2)20-11-8-12-22-3;/h7,9-10H,4-6,8,11-14H2,1-3H3,(H2,18,20,21);1H. The molecule has 0 aliphatic heterocycles. The lowest BCUT2D eigenvalue weighted by Gasteiger charge is -2.12. The van der Waals surface area contributed by atoms with Gasteiger partial charge in [0.1, 0.15) is 0 Å². The van der Waals surface area contributed by atoms with Crippen molar-refractivity contribution in [3.8, 4) is 5.88 Å². The zero-order valence-corrected chi connectivity index (χ0v) is 17.3. The number of nitrogens with one attached hydrogen (secondary N) is 2. The summed E-state index contributed by atoms with van der Waals surface area (Å²) in [5, 5.41) is 6.53. The molecule has 1 aromatic rings. The van der Waals surface area contributed by atoms with Crippen LogP contribution < -0.4 is 15.4 Å². The molecule has 7 heteroatoms. The molecule has 0 spiro atoms. The van der Waals surface area contributed by atoms with Crippen LogP contribution in [-0.4, -0.2) is 44.4 Å². The Kier molecular flexibility index (Phi) is 14.7. The fraction of sp³-hybridized carbons (Fsp3) is 0.647. The Bertz CT molecular complexity index is 458. The van der Waals surface area contributed by atoms with Crippen molar-refractivity contribution in [1.29, 1.82) is 0 Å². The van der Waals surface area contributed by atoms with Crippen LogP contribution in [0.3, 0.4) is 0 Å². The topological polar surface area (TPSA) is 67.8 Å². The number of aliphatic imine (C=N–C) groups is 1. The summed E-state index contributed by atoms with van der Waals surface area (Å²) in [6, 6.07) is 3.92. The lowest BCUT2D eigenvalue weighted by molar-refractivity contribution is 0.195. The summed E-state index contributed by atoms with van der Waals surface area (Å²) >= 11 is 0. The van der Waals surface area contributed by atoms with E-state index in [9.17, 15) is 0 Å². The summed E-state index contributed by atoms with van der Waals surface area (Å²) in [5.41, 5.74) is 0.998. The predicted octanol–water partition coefficient (Wildman–Crippen LogP) is 2.97. The molecule has 0 unspecified atom stereocenters. The van der Waals surface area contributed by atoms with Gasteiger partial charge in [0, 0.05) is 38.6 Å². The highest BCUT2D eigenvalue weighted by Gasteiger charge is 2.05. The minimum atomic E-state index is 0. The first kappa shape index (κ1) is 22.9. The highest BCUT2D eigenvalue weighted by molar-refractivity contribution is 14.0. The maximum absolute atomic E-state index is 5.75. The third-order valence-electron chi connectivity index (χ3n) is 3.16. The Morgan fingerprint density at radius 1 is 1.21 bits per heavy atom. The number of guanidine groups is 1. The van der Waals surface area contributed by atoms with Crippen molar-refractivity contribution in [2.75, 3.05) is 33.4 Å². The number of methoxy groups -OCH3 is 1. The molecular formula is C17H31IN4O2. The van der Waals surface area contributed by atoms with Crippen molar-refractivity contribution in [2.24, 2.45) is 4.99 Å². The lowest BCUT2D eigenvalue weighted by Crippen LogP contribution is -2.38. The largest absolute Gasteiger partial charge is 0.477 e. The Morgan fingerprint density at radius 3 is 2.75 bits per heavy atom. The van der Waals surface area contributed by atoms with Gasteiger partial charge < -0.3 is 20.1 Å². The van der Waals surface area contributed by atoms with E-state index in [0.29, 0.717) is 19.0 Å². The number of hydrogen-bond donors (Lipinski definition) is 2. The van der Waals surface area contributed by atoms with E-state index in [1.54, 1.807) is 13.3 Å². The Hall–Kier alpha value is -1.09. The predicted molar refractivity (Wildman–Crippen MR) is 109 cm³/mol. The fourth-order valence-electron chi connectivity index (χ4n) is 1.92. The number of rotatable bonds is 11. The Labute approximate surface area is 162 Å². The second-order valence-corrected chi connectivity index (χ2v) is 5.14. The van der Waals surface area contributed by atoms with E-state index in [-0.39, 0.29) is 24.0 Å². The van der Waals surface area contributed by atoms with E-state index in [2.05, 4.69) is 34.5 Å². The van der Waals surface area contributed by atoms with Crippen LogP contribution in [0.1, 0.15) is 38.7 Å². The Morgan fingerprint density at radius 2 is 2.04 bits per heavy atom. The zero-order chi connectivity index (χ0) is 16.8. The molecule has 0 aromatic carbocycles. The van der Waals surface area contributed by atoms with Crippen molar-refractivity contribution in [3.63, 3.8) is 0 Å². The molecule has 0 atom stereocenters. The molecule has 0 aliphatic carbocycles. The zero-order valence-electron chi connectivity index (χ0n) is 15.0. The van der Waals surface area contributed by atoms with Gasteiger partial charge in [-0.05, 0) is 25.8 Å². The van der Waals surface area contributed by atoms with Gasteiger partial charge >= 0.3 is 0 Å². The van der Waals surface area contributed by atoms with Crippen LogP contribution in [0.2, 0.25) is 0 Å². The molecule has 0 bridgehead atoms. The maximum Gasteiger partial charge on any atom is 0.218 e. The van der Waals surface area contributed by atoms with Crippen molar-refractivity contribution in [2.45, 2.75) is 39.7 Å². The number of hydrogen-bond acceptors (Lipinski definition) is 4. The van der Waals surface area contributed by atoms with Crippen LogP contribution >= 0.6 is 24.0 Å². The van der Waals surface area contributed by atoms with Crippen molar-refractivity contribution in [3.05, 3.63) is 23.9 Å². The summed E-state index contributed by atoms with van der Waals surface area (Å²) in [7, 11) is 1.71. The molecule has 2 N–H and O–H groups in total. The van der Waals surface area contributed by atoms with Crippen molar-refractivity contribution < 1.29 is 9.47 Å². The first-order chi connectivity index (χ1) is 11.3. The van der Waals surface area contributed by atoms with Crippen LogP contribution in [0.5, 0.6) is 5.88 Å². The second kappa shape index (κ2) is 15.4. The van der Waals surface area contributed by atoms with Gasteiger partial charge in [-0.2, -0.15) is 0 Å². The summed E-state index contributed by atoms with van der Waals surface area (Å²) < 4.78 is 10.8. The number of aromatic nitrogens is 1. The van der Waals surface area contributed by atoms with E-state index in [0.717, 1.165) is 50.5 Å². The molecule has 138 valence electrons. The summed E-state index contributed by atoms with van der Waals surface area (Å²) in [6.45, 7) is 7.81. The fourth-order valence-corrected chi connectivity index (χ4v) is 1.92. The van der Waals surface area contributed by atoms with Crippen LogP contribution in [0, 0.1) is 0 Å². The quantitative estimate of drug-likeness (QED) is 0.235. The first-order valence-corrected chi connectivity index (χ1v) is 8.39. The maximum atomic E-state index is 5.75. The van der Waals surface area contributed by atoms with E-state index in [1.807, 2.05) is 12.1 Å².